The molecule has 2 aliphatic rings. The summed E-state index contributed by atoms with van der Waals surface area (Å²) in [5.74, 6) is 0.879. The molecule has 0 bridgehead atoms. The Kier molecular flexibility index (Phi) is 2.81. The Balaban J connectivity index is 1.76. The molecule has 2 aliphatic carbocycles. The third-order valence-corrected chi connectivity index (χ3v) is 3.94. The Labute approximate surface area is 102 Å². The van der Waals surface area contributed by atoms with Gasteiger partial charge in [0.05, 0.1) is 6.10 Å². The van der Waals surface area contributed by atoms with Crippen molar-refractivity contribution in [3.63, 3.8) is 0 Å². The smallest absolute Gasteiger partial charge is 0.124 e. The van der Waals surface area contributed by atoms with Crippen molar-refractivity contribution in [2.75, 3.05) is 0 Å². The van der Waals surface area contributed by atoms with Crippen molar-refractivity contribution >= 4 is 0 Å². The van der Waals surface area contributed by atoms with Gasteiger partial charge in [-0.2, -0.15) is 0 Å². The van der Waals surface area contributed by atoms with Crippen molar-refractivity contribution in [1.82, 2.24) is 0 Å². The standard InChI is InChI=1S/C14H19NO2/c15-12-7-4-9-8-10(5-6-11(9)12)17-14-3-1-2-13(14)16/h5-6,8,12-14,16H,1-4,7,15H2. The molecule has 0 spiro atoms. The van der Waals surface area contributed by atoms with E-state index in [0.29, 0.717) is 0 Å². The fraction of sp³-hybridized carbons (Fsp3) is 0.571. The van der Waals surface area contributed by atoms with Gasteiger partial charge in [-0.15, -0.1) is 0 Å². The summed E-state index contributed by atoms with van der Waals surface area (Å²) in [6.45, 7) is 0. The molecule has 3 heteroatoms. The Bertz CT molecular complexity index is 419. The van der Waals surface area contributed by atoms with Crippen LogP contribution in [0.3, 0.4) is 0 Å². The summed E-state index contributed by atoms with van der Waals surface area (Å²) in [6, 6.07) is 6.34. The maximum atomic E-state index is 9.74. The number of rotatable bonds is 2. The minimum atomic E-state index is -0.300. The molecule has 17 heavy (non-hydrogen) atoms. The molecule has 1 aromatic carbocycles. The second-order valence-electron chi connectivity index (χ2n) is 5.16. The van der Waals surface area contributed by atoms with E-state index in [9.17, 15) is 5.11 Å². The predicted molar refractivity (Wildman–Crippen MR) is 66.0 cm³/mol. The zero-order valence-corrected chi connectivity index (χ0v) is 9.93. The number of fused-ring (bicyclic) bond motifs is 1. The van der Waals surface area contributed by atoms with Crippen LogP contribution in [0.4, 0.5) is 0 Å². The van der Waals surface area contributed by atoms with Crippen LogP contribution >= 0.6 is 0 Å². The average Bonchev–Trinajstić information content (AvgIpc) is 2.87. The van der Waals surface area contributed by atoms with Crippen LogP contribution in [-0.2, 0) is 6.42 Å². The largest absolute Gasteiger partial charge is 0.488 e. The van der Waals surface area contributed by atoms with Gasteiger partial charge < -0.3 is 15.6 Å². The van der Waals surface area contributed by atoms with Gasteiger partial charge in [0.15, 0.2) is 0 Å². The molecule has 0 radical (unpaired) electrons. The van der Waals surface area contributed by atoms with Gasteiger partial charge in [0.1, 0.15) is 11.9 Å². The van der Waals surface area contributed by atoms with Gasteiger partial charge in [-0.25, -0.2) is 0 Å². The minimum absolute atomic E-state index is 0.0249. The van der Waals surface area contributed by atoms with Crippen molar-refractivity contribution in [3.05, 3.63) is 29.3 Å². The van der Waals surface area contributed by atoms with Gasteiger partial charge in [0.25, 0.3) is 0 Å². The Hall–Kier alpha value is -1.06. The van der Waals surface area contributed by atoms with E-state index in [-0.39, 0.29) is 18.2 Å². The molecule has 0 heterocycles. The zero-order chi connectivity index (χ0) is 11.8. The molecule has 1 aromatic rings. The normalized spacial score (nSPS) is 31.5. The second-order valence-corrected chi connectivity index (χ2v) is 5.16. The summed E-state index contributed by atoms with van der Waals surface area (Å²) in [5, 5.41) is 9.74. The topological polar surface area (TPSA) is 55.5 Å². The minimum Gasteiger partial charge on any atom is -0.488 e. The van der Waals surface area contributed by atoms with Crippen LogP contribution in [0.25, 0.3) is 0 Å². The molecule has 0 aromatic heterocycles. The number of aliphatic hydroxyl groups excluding tert-OH is 1. The van der Waals surface area contributed by atoms with Crippen LogP contribution in [0.5, 0.6) is 5.75 Å². The number of aliphatic hydroxyl groups is 1. The lowest BCUT2D eigenvalue weighted by Gasteiger charge is -2.17. The molecule has 0 aliphatic heterocycles. The van der Waals surface area contributed by atoms with Gasteiger partial charge in [0, 0.05) is 6.04 Å². The van der Waals surface area contributed by atoms with E-state index >= 15 is 0 Å². The monoisotopic (exact) mass is 233 g/mol. The molecule has 1 saturated carbocycles. The Morgan fingerprint density at radius 3 is 2.88 bits per heavy atom. The number of nitrogens with two attached hydrogens (primary N) is 1. The molecule has 3 N–H and O–H groups in total. The fourth-order valence-corrected chi connectivity index (χ4v) is 2.92. The lowest BCUT2D eigenvalue weighted by molar-refractivity contribution is 0.0603. The molecule has 1 fully saturated rings. The maximum absolute atomic E-state index is 9.74. The first-order chi connectivity index (χ1) is 8.24. The first-order valence-electron chi connectivity index (χ1n) is 6.47. The van der Waals surface area contributed by atoms with Crippen LogP contribution in [0.2, 0.25) is 0 Å². The number of hydrogen-bond donors (Lipinski definition) is 2. The van der Waals surface area contributed by atoms with Gasteiger partial charge >= 0.3 is 0 Å². The lowest BCUT2D eigenvalue weighted by atomic mass is 10.1. The molecule has 3 unspecified atom stereocenters. The third-order valence-electron chi connectivity index (χ3n) is 3.94. The van der Waals surface area contributed by atoms with Gasteiger partial charge in [-0.3, -0.25) is 0 Å². The van der Waals surface area contributed by atoms with Gasteiger partial charge in [0.2, 0.25) is 0 Å². The summed E-state index contributed by atoms with van der Waals surface area (Å²) >= 11 is 0. The highest BCUT2D eigenvalue weighted by Crippen LogP contribution is 2.33. The Morgan fingerprint density at radius 2 is 2.12 bits per heavy atom. The highest BCUT2D eigenvalue weighted by Gasteiger charge is 2.27. The van der Waals surface area contributed by atoms with E-state index in [2.05, 4.69) is 12.1 Å². The molecule has 92 valence electrons. The van der Waals surface area contributed by atoms with Gasteiger partial charge in [-0.1, -0.05) is 6.07 Å². The quantitative estimate of drug-likeness (QED) is 0.820. The van der Waals surface area contributed by atoms with Crippen molar-refractivity contribution in [2.24, 2.45) is 5.73 Å². The van der Waals surface area contributed by atoms with Crippen LogP contribution in [0.15, 0.2) is 18.2 Å². The van der Waals surface area contributed by atoms with Crippen LogP contribution in [0.1, 0.15) is 42.9 Å². The summed E-state index contributed by atoms with van der Waals surface area (Å²) in [7, 11) is 0. The molecular weight excluding hydrogens is 214 g/mol. The molecule has 0 amide bonds. The summed E-state index contributed by atoms with van der Waals surface area (Å²) < 4.78 is 5.86. The highest BCUT2D eigenvalue weighted by atomic mass is 16.5. The summed E-state index contributed by atoms with van der Waals surface area (Å²) in [5.41, 5.74) is 8.56. The third kappa shape index (κ3) is 2.05. The van der Waals surface area contributed by atoms with Crippen molar-refractivity contribution in [2.45, 2.75) is 50.4 Å². The van der Waals surface area contributed by atoms with E-state index in [0.717, 1.165) is 37.9 Å². The first-order valence-corrected chi connectivity index (χ1v) is 6.47. The number of ether oxygens (including phenoxy) is 1. The average molecular weight is 233 g/mol. The highest BCUT2D eigenvalue weighted by molar-refractivity contribution is 5.40. The van der Waals surface area contributed by atoms with E-state index in [1.54, 1.807) is 0 Å². The molecule has 3 atom stereocenters. The van der Waals surface area contributed by atoms with E-state index in [1.165, 1.54) is 11.1 Å². The van der Waals surface area contributed by atoms with Crippen molar-refractivity contribution in [1.29, 1.82) is 0 Å². The van der Waals surface area contributed by atoms with Crippen LogP contribution < -0.4 is 10.5 Å². The molecule has 3 rings (SSSR count). The summed E-state index contributed by atoms with van der Waals surface area (Å²) in [4.78, 5) is 0. The Morgan fingerprint density at radius 1 is 1.24 bits per heavy atom. The molecule has 3 nitrogen and oxygen atoms in total. The van der Waals surface area contributed by atoms with Gasteiger partial charge in [-0.05, 0) is 55.4 Å². The second kappa shape index (κ2) is 4.31. The van der Waals surface area contributed by atoms with Crippen LogP contribution in [0, 0.1) is 0 Å². The van der Waals surface area contributed by atoms with Crippen molar-refractivity contribution < 1.29 is 9.84 Å². The molecular formula is C14H19NO2. The first kappa shape index (κ1) is 11.1. The fourth-order valence-electron chi connectivity index (χ4n) is 2.92. The summed E-state index contributed by atoms with van der Waals surface area (Å²) in [6.07, 6.45) is 4.62. The number of benzene rings is 1. The number of aryl methyl sites for hydroxylation is 1. The van der Waals surface area contributed by atoms with E-state index in [4.69, 9.17) is 10.5 Å². The van der Waals surface area contributed by atoms with Crippen LogP contribution in [-0.4, -0.2) is 17.3 Å². The maximum Gasteiger partial charge on any atom is 0.124 e. The van der Waals surface area contributed by atoms with E-state index in [1.807, 2.05) is 6.07 Å². The predicted octanol–water partition coefficient (Wildman–Crippen LogP) is 1.92. The SMILES string of the molecule is NC1CCc2cc(OC3CCCC3O)ccc21. The van der Waals surface area contributed by atoms with Crippen molar-refractivity contribution in [3.8, 4) is 5.75 Å². The van der Waals surface area contributed by atoms with E-state index < -0.39 is 0 Å². The lowest BCUT2D eigenvalue weighted by Crippen LogP contribution is -2.25. The zero-order valence-electron chi connectivity index (χ0n) is 9.93. The molecule has 0 saturated heterocycles. The number of hydrogen-bond acceptors (Lipinski definition) is 3.